The lowest BCUT2D eigenvalue weighted by atomic mass is 10.2. The van der Waals surface area contributed by atoms with Crippen molar-refractivity contribution in [1.29, 1.82) is 0 Å². The minimum atomic E-state index is -0.644. The molecule has 15 heavy (non-hydrogen) atoms. The molecule has 3 nitrogen and oxygen atoms in total. The van der Waals surface area contributed by atoms with Gasteiger partial charge in [0.1, 0.15) is 11.6 Å². The average Bonchev–Trinajstić information content (AvgIpc) is 2.71. The van der Waals surface area contributed by atoms with E-state index in [-0.39, 0.29) is 5.82 Å². The lowest BCUT2D eigenvalue weighted by molar-refractivity contribution is -0.0471. The van der Waals surface area contributed by atoms with Crippen molar-refractivity contribution in [2.24, 2.45) is 0 Å². The molecule has 1 aliphatic heterocycles. The molecule has 0 saturated carbocycles. The molecule has 0 unspecified atom stereocenters. The summed E-state index contributed by atoms with van der Waals surface area (Å²) < 4.78 is 29.7. The van der Waals surface area contributed by atoms with Gasteiger partial charge in [0.15, 0.2) is 6.29 Å². The third-order valence-corrected chi connectivity index (χ3v) is 2.99. The minimum Gasteiger partial charge on any atom is -0.496 e. The monoisotopic (exact) mass is 276 g/mol. The number of hydrogen-bond donors (Lipinski definition) is 0. The van der Waals surface area contributed by atoms with Crippen LogP contribution < -0.4 is 4.74 Å². The van der Waals surface area contributed by atoms with E-state index in [9.17, 15) is 4.39 Å². The predicted octanol–water partition coefficient (Wildman–Crippen LogP) is 2.64. The molecule has 1 aromatic rings. The summed E-state index contributed by atoms with van der Waals surface area (Å²) in [6, 6.07) is 2.89. The Kier molecular flexibility index (Phi) is 3.23. The molecule has 1 aliphatic rings. The van der Waals surface area contributed by atoms with Crippen LogP contribution in [0.25, 0.3) is 0 Å². The first kappa shape index (κ1) is 10.9. The van der Waals surface area contributed by atoms with Crippen molar-refractivity contribution in [3.05, 3.63) is 28.0 Å². The van der Waals surface area contributed by atoms with Gasteiger partial charge < -0.3 is 14.2 Å². The van der Waals surface area contributed by atoms with Gasteiger partial charge in [-0.05, 0) is 28.1 Å². The van der Waals surface area contributed by atoms with E-state index in [1.807, 2.05) is 0 Å². The fraction of sp³-hybridized carbons (Fsp3) is 0.400. The van der Waals surface area contributed by atoms with E-state index in [1.54, 1.807) is 6.07 Å². The van der Waals surface area contributed by atoms with Crippen molar-refractivity contribution in [1.82, 2.24) is 0 Å². The molecule has 0 atom stereocenters. The highest BCUT2D eigenvalue weighted by atomic mass is 79.9. The van der Waals surface area contributed by atoms with Gasteiger partial charge in [-0.1, -0.05) is 0 Å². The van der Waals surface area contributed by atoms with E-state index in [0.717, 1.165) is 0 Å². The highest BCUT2D eigenvalue weighted by Gasteiger charge is 2.26. The SMILES string of the molecule is COc1ccc(F)c(C2OCCO2)c1Br. The Morgan fingerprint density at radius 1 is 1.40 bits per heavy atom. The summed E-state index contributed by atoms with van der Waals surface area (Å²) in [6.07, 6.45) is -0.644. The first-order valence-electron chi connectivity index (χ1n) is 4.49. The predicted molar refractivity (Wildman–Crippen MR) is 55.3 cm³/mol. The molecular formula is C10H10BrFO3. The van der Waals surface area contributed by atoms with Crippen LogP contribution in [0, 0.1) is 5.82 Å². The van der Waals surface area contributed by atoms with E-state index >= 15 is 0 Å². The second-order valence-electron chi connectivity index (χ2n) is 3.05. The number of benzene rings is 1. The molecule has 0 spiro atoms. The molecule has 0 amide bonds. The summed E-state index contributed by atoms with van der Waals surface area (Å²) in [7, 11) is 1.53. The molecule has 0 bridgehead atoms. The van der Waals surface area contributed by atoms with Gasteiger partial charge in [0.25, 0.3) is 0 Å². The zero-order valence-electron chi connectivity index (χ0n) is 8.13. The second-order valence-corrected chi connectivity index (χ2v) is 3.84. The zero-order chi connectivity index (χ0) is 10.8. The highest BCUT2D eigenvalue weighted by molar-refractivity contribution is 9.10. The Morgan fingerprint density at radius 3 is 2.67 bits per heavy atom. The van der Waals surface area contributed by atoms with Crippen molar-refractivity contribution in [2.45, 2.75) is 6.29 Å². The smallest absolute Gasteiger partial charge is 0.188 e. The molecule has 0 radical (unpaired) electrons. The van der Waals surface area contributed by atoms with Gasteiger partial charge >= 0.3 is 0 Å². The summed E-state index contributed by atoms with van der Waals surface area (Å²) >= 11 is 3.28. The molecule has 0 aliphatic carbocycles. The summed E-state index contributed by atoms with van der Waals surface area (Å²) in [5.41, 5.74) is 0.354. The number of methoxy groups -OCH3 is 1. The fourth-order valence-electron chi connectivity index (χ4n) is 1.45. The number of rotatable bonds is 2. The molecule has 1 fully saturated rings. The number of ether oxygens (including phenoxy) is 3. The second kappa shape index (κ2) is 4.47. The zero-order valence-corrected chi connectivity index (χ0v) is 9.71. The molecule has 0 aromatic heterocycles. The van der Waals surface area contributed by atoms with Crippen LogP contribution in [-0.4, -0.2) is 20.3 Å². The van der Waals surface area contributed by atoms with E-state index in [1.165, 1.54) is 13.2 Å². The Labute approximate surface area is 95.3 Å². The maximum atomic E-state index is 13.6. The number of halogens is 2. The summed E-state index contributed by atoms with van der Waals surface area (Å²) in [6.45, 7) is 0.960. The van der Waals surface area contributed by atoms with Gasteiger partial charge in [0.05, 0.1) is 30.4 Å². The molecular weight excluding hydrogens is 267 g/mol. The van der Waals surface area contributed by atoms with Gasteiger partial charge in [-0.25, -0.2) is 4.39 Å². The van der Waals surface area contributed by atoms with Crippen LogP contribution in [-0.2, 0) is 9.47 Å². The maximum absolute atomic E-state index is 13.6. The van der Waals surface area contributed by atoms with Crippen LogP contribution in [0.5, 0.6) is 5.75 Å². The van der Waals surface area contributed by atoms with Crippen LogP contribution in [0.4, 0.5) is 4.39 Å². The van der Waals surface area contributed by atoms with E-state index in [4.69, 9.17) is 14.2 Å². The third-order valence-electron chi connectivity index (χ3n) is 2.17. The van der Waals surface area contributed by atoms with Gasteiger partial charge in [-0.3, -0.25) is 0 Å². The van der Waals surface area contributed by atoms with E-state index < -0.39 is 6.29 Å². The fourth-order valence-corrected chi connectivity index (χ4v) is 2.12. The Hall–Kier alpha value is -0.650. The lowest BCUT2D eigenvalue weighted by Crippen LogP contribution is -2.03. The van der Waals surface area contributed by atoms with Crippen LogP contribution in [0.2, 0.25) is 0 Å². The summed E-state index contributed by atoms with van der Waals surface area (Å²) in [5, 5.41) is 0. The van der Waals surface area contributed by atoms with Crippen LogP contribution in [0.3, 0.4) is 0 Å². The van der Waals surface area contributed by atoms with Gasteiger partial charge in [-0.2, -0.15) is 0 Å². The Morgan fingerprint density at radius 2 is 2.07 bits per heavy atom. The van der Waals surface area contributed by atoms with Crippen molar-refractivity contribution in [2.75, 3.05) is 20.3 Å². The van der Waals surface area contributed by atoms with Crippen molar-refractivity contribution in [3.63, 3.8) is 0 Å². The van der Waals surface area contributed by atoms with Crippen LogP contribution >= 0.6 is 15.9 Å². The van der Waals surface area contributed by atoms with Gasteiger partial charge in [0.2, 0.25) is 0 Å². The summed E-state index contributed by atoms with van der Waals surface area (Å²) in [5.74, 6) is 0.195. The normalized spacial score (nSPS) is 17.0. The molecule has 2 rings (SSSR count). The Balaban J connectivity index is 2.43. The van der Waals surface area contributed by atoms with E-state index in [2.05, 4.69) is 15.9 Å². The molecule has 5 heteroatoms. The van der Waals surface area contributed by atoms with Gasteiger partial charge in [-0.15, -0.1) is 0 Å². The summed E-state index contributed by atoms with van der Waals surface area (Å²) in [4.78, 5) is 0. The first-order valence-corrected chi connectivity index (χ1v) is 5.28. The van der Waals surface area contributed by atoms with E-state index in [0.29, 0.717) is 29.0 Å². The van der Waals surface area contributed by atoms with Crippen LogP contribution in [0.1, 0.15) is 11.9 Å². The van der Waals surface area contributed by atoms with Crippen molar-refractivity contribution < 1.29 is 18.6 Å². The minimum absolute atomic E-state index is 0.354. The first-order chi connectivity index (χ1) is 7.24. The van der Waals surface area contributed by atoms with Crippen molar-refractivity contribution >= 4 is 15.9 Å². The molecule has 1 saturated heterocycles. The molecule has 82 valence electrons. The highest BCUT2D eigenvalue weighted by Crippen LogP contribution is 2.37. The lowest BCUT2D eigenvalue weighted by Gasteiger charge is -2.14. The van der Waals surface area contributed by atoms with Gasteiger partial charge in [0, 0.05) is 0 Å². The number of hydrogen-bond acceptors (Lipinski definition) is 3. The molecule has 1 aromatic carbocycles. The maximum Gasteiger partial charge on any atom is 0.188 e. The van der Waals surface area contributed by atoms with Crippen molar-refractivity contribution in [3.8, 4) is 5.75 Å². The van der Waals surface area contributed by atoms with Crippen LogP contribution in [0.15, 0.2) is 16.6 Å². The third kappa shape index (κ3) is 2.00. The molecule has 0 N–H and O–H groups in total. The standard InChI is InChI=1S/C10H10BrFO3/c1-13-7-3-2-6(12)8(9(7)11)10-14-4-5-15-10/h2-3,10H,4-5H2,1H3. The average molecular weight is 277 g/mol. The Bertz CT molecular complexity index is 364. The quantitative estimate of drug-likeness (QED) is 0.831. The topological polar surface area (TPSA) is 27.7 Å². The molecule has 1 heterocycles. The largest absolute Gasteiger partial charge is 0.496 e.